The van der Waals surface area contributed by atoms with E-state index in [4.69, 9.17) is 5.14 Å². The van der Waals surface area contributed by atoms with Gasteiger partial charge in [0.15, 0.2) is 5.43 Å². The van der Waals surface area contributed by atoms with Crippen molar-refractivity contribution in [3.63, 3.8) is 0 Å². The number of H-pyrrole nitrogens is 1. The van der Waals surface area contributed by atoms with Gasteiger partial charge in [-0.2, -0.15) is 0 Å². The van der Waals surface area contributed by atoms with Gasteiger partial charge in [0.05, 0.1) is 5.25 Å². The molecule has 0 aromatic carbocycles. The summed E-state index contributed by atoms with van der Waals surface area (Å²) in [7, 11) is -3.67. The summed E-state index contributed by atoms with van der Waals surface area (Å²) in [5, 5.41) is 4.37. The molecule has 7 nitrogen and oxygen atoms in total. The fourth-order valence-corrected chi connectivity index (χ4v) is 3.18. The Bertz CT molecular complexity index is 680. The minimum absolute atomic E-state index is 0.0191. The molecular formula is C12H17N3O4S. The van der Waals surface area contributed by atoms with Crippen LogP contribution in [0.15, 0.2) is 17.1 Å². The fraction of sp³-hybridized carbons (Fsp3) is 0.500. The van der Waals surface area contributed by atoms with E-state index >= 15 is 0 Å². The number of piperidine rings is 1. The maximum absolute atomic E-state index is 12.3. The number of aryl methyl sites for hydroxylation is 1. The first-order chi connectivity index (χ1) is 9.29. The minimum Gasteiger partial charge on any atom is -0.364 e. The summed E-state index contributed by atoms with van der Waals surface area (Å²) in [6, 6.07) is 1.34. The Morgan fingerprint density at radius 2 is 2.20 bits per heavy atom. The number of hydrogen-bond acceptors (Lipinski definition) is 4. The van der Waals surface area contributed by atoms with Crippen LogP contribution in [0.3, 0.4) is 0 Å². The summed E-state index contributed by atoms with van der Waals surface area (Å²) in [5.41, 5.74) is 0.308. The van der Waals surface area contributed by atoms with Crippen molar-refractivity contribution in [2.24, 2.45) is 5.14 Å². The van der Waals surface area contributed by atoms with Crippen molar-refractivity contribution in [1.82, 2.24) is 9.88 Å². The van der Waals surface area contributed by atoms with Crippen LogP contribution in [0, 0.1) is 6.92 Å². The van der Waals surface area contributed by atoms with Crippen LogP contribution in [0.5, 0.6) is 0 Å². The summed E-state index contributed by atoms with van der Waals surface area (Å²) in [5.74, 6) is -0.459. The Morgan fingerprint density at radius 1 is 1.50 bits per heavy atom. The number of nitrogens with two attached hydrogens (primary N) is 1. The summed E-state index contributed by atoms with van der Waals surface area (Å²) in [4.78, 5) is 28.3. The van der Waals surface area contributed by atoms with Crippen LogP contribution >= 0.6 is 0 Å². The Morgan fingerprint density at radius 3 is 2.80 bits per heavy atom. The molecule has 1 unspecified atom stereocenters. The van der Waals surface area contributed by atoms with E-state index in [0.29, 0.717) is 25.1 Å². The molecule has 1 aliphatic heterocycles. The Labute approximate surface area is 116 Å². The van der Waals surface area contributed by atoms with Crippen LogP contribution in [-0.4, -0.2) is 42.5 Å². The molecule has 0 aliphatic carbocycles. The molecule has 0 spiro atoms. The number of likely N-dealkylation sites (tertiary alicyclic amines) is 1. The fourth-order valence-electron chi connectivity index (χ4n) is 2.30. The van der Waals surface area contributed by atoms with Gasteiger partial charge in [-0.15, -0.1) is 0 Å². The monoisotopic (exact) mass is 299 g/mol. The van der Waals surface area contributed by atoms with E-state index in [1.54, 1.807) is 6.92 Å². The summed E-state index contributed by atoms with van der Waals surface area (Å²) in [6.07, 6.45) is 2.35. The molecule has 8 heteroatoms. The predicted octanol–water partition coefficient (Wildman–Crippen LogP) is -0.424. The number of aromatic amines is 1. The van der Waals surface area contributed by atoms with Crippen LogP contribution < -0.4 is 10.6 Å². The number of rotatable bonds is 2. The summed E-state index contributed by atoms with van der Waals surface area (Å²) >= 11 is 0. The molecule has 110 valence electrons. The van der Waals surface area contributed by atoms with Gasteiger partial charge in [0.1, 0.15) is 5.56 Å². The number of primary sulfonamides is 1. The highest BCUT2D eigenvalue weighted by molar-refractivity contribution is 7.89. The average Bonchev–Trinajstić information content (AvgIpc) is 2.37. The number of amides is 1. The SMILES string of the molecule is Cc1cc(=O)c(C(=O)N2CCCC(S(N)(=O)=O)C2)c[nH]1. The second-order valence-corrected chi connectivity index (χ2v) is 6.84. The van der Waals surface area contributed by atoms with Crippen LogP contribution in [0.25, 0.3) is 0 Å². The Hall–Kier alpha value is -1.67. The van der Waals surface area contributed by atoms with Crippen LogP contribution in [0.4, 0.5) is 0 Å². The van der Waals surface area contributed by atoms with E-state index < -0.39 is 21.2 Å². The smallest absolute Gasteiger partial charge is 0.259 e. The lowest BCUT2D eigenvalue weighted by molar-refractivity contribution is 0.0725. The van der Waals surface area contributed by atoms with Crippen molar-refractivity contribution >= 4 is 15.9 Å². The molecule has 0 saturated carbocycles. The van der Waals surface area contributed by atoms with Crippen LogP contribution in [0.1, 0.15) is 28.9 Å². The second-order valence-electron chi connectivity index (χ2n) is 5.00. The number of nitrogens with one attached hydrogen (secondary N) is 1. The number of aromatic nitrogens is 1. The first kappa shape index (κ1) is 14.7. The quantitative estimate of drug-likeness (QED) is 0.771. The normalized spacial score (nSPS) is 19.9. The molecule has 1 saturated heterocycles. The van der Waals surface area contributed by atoms with Crippen molar-refractivity contribution < 1.29 is 13.2 Å². The van der Waals surface area contributed by atoms with Gasteiger partial charge in [-0.3, -0.25) is 9.59 Å². The van der Waals surface area contributed by atoms with Crippen LogP contribution in [-0.2, 0) is 10.0 Å². The number of sulfonamides is 1. The third-order valence-corrected chi connectivity index (χ3v) is 4.73. The van der Waals surface area contributed by atoms with Gasteiger partial charge in [-0.25, -0.2) is 13.6 Å². The number of hydrogen-bond donors (Lipinski definition) is 2. The molecule has 0 radical (unpaired) electrons. The van der Waals surface area contributed by atoms with Crippen molar-refractivity contribution in [2.45, 2.75) is 25.0 Å². The molecule has 1 aromatic heterocycles. The maximum atomic E-state index is 12.3. The van der Waals surface area contributed by atoms with Gasteiger partial charge < -0.3 is 9.88 Å². The Kier molecular flexibility index (Phi) is 3.96. The van der Waals surface area contributed by atoms with E-state index in [0.717, 1.165) is 0 Å². The van der Waals surface area contributed by atoms with Crippen molar-refractivity contribution in [1.29, 1.82) is 0 Å². The van der Waals surface area contributed by atoms with E-state index in [9.17, 15) is 18.0 Å². The number of nitrogens with zero attached hydrogens (tertiary/aromatic N) is 1. The zero-order chi connectivity index (χ0) is 14.9. The molecule has 1 aromatic rings. The molecule has 3 N–H and O–H groups in total. The van der Waals surface area contributed by atoms with E-state index in [-0.39, 0.29) is 17.5 Å². The average molecular weight is 299 g/mol. The lowest BCUT2D eigenvalue weighted by atomic mass is 10.1. The zero-order valence-corrected chi connectivity index (χ0v) is 11.9. The molecular weight excluding hydrogens is 282 g/mol. The van der Waals surface area contributed by atoms with Gasteiger partial charge in [-0.05, 0) is 19.8 Å². The molecule has 20 heavy (non-hydrogen) atoms. The van der Waals surface area contributed by atoms with E-state index in [1.807, 2.05) is 0 Å². The van der Waals surface area contributed by atoms with Crippen LogP contribution in [0.2, 0.25) is 0 Å². The minimum atomic E-state index is -3.67. The largest absolute Gasteiger partial charge is 0.364 e. The highest BCUT2D eigenvalue weighted by Gasteiger charge is 2.31. The predicted molar refractivity (Wildman–Crippen MR) is 73.8 cm³/mol. The van der Waals surface area contributed by atoms with Gasteiger partial charge in [0, 0.05) is 31.0 Å². The number of pyridine rings is 1. The zero-order valence-electron chi connectivity index (χ0n) is 11.1. The molecule has 2 heterocycles. The molecule has 1 fully saturated rings. The standard InChI is InChI=1S/C12H17N3O4S/c1-8-5-11(16)10(6-14-8)12(17)15-4-2-3-9(7-15)20(13,18)19/h5-6,9H,2-4,7H2,1H3,(H,14,16)(H2,13,18,19). The van der Waals surface area contributed by atoms with Gasteiger partial charge in [-0.1, -0.05) is 0 Å². The van der Waals surface area contributed by atoms with Gasteiger partial charge in [0.2, 0.25) is 10.0 Å². The molecule has 1 aliphatic rings. The van der Waals surface area contributed by atoms with E-state index in [2.05, 4.69) is 4.98 Å². The maximum Gasteiger partial charge on any atom is 0.259 e. The lowest BCUT2D eigenvalue weighted by Gasteiger charge is -2.31. The highest BCUT2D eigenvalue weighted by Crippen LogP contribution is 2.16. The van der Waals surface area contributed by atoms with Crippen molar-refractivity contribution in [3.8, 4) is 0 Å². The third kappa shape index (κ3) is 3.07. The van der Waals surface area contributed by atoms with E-state index in [1.165, 1.54) is 17.2 Å². The first-order valence-electron chi connectivity index (χ1n) is 6.29. The molecule has 2 rings (SSSR count). The Balaban J connectivity index is 2.23. The number of carbonyl (C=O) groups is 1. The highest BCUT2D eigenvalue weighted by atomic mass is 32.2. The molecule has 1 amide bonds. The second kappa shape index (κ2) is 5.37. The topological polar surface area (TPSA) is 113 Å². The number of carbonyl (C=O) groups excluding carboxylic acids is 1. The van der Waals surface area contributed by atoms with Crippen molar-refractivity contribution in [2.75, 3.05) is 13.1 Å². The van der Waals surface area contributed by atoms with Gasteiger partial charge >= 0.3 is 0 Å². The summed E-state index contributed by atoms with van der Waals surface area (Å²) in [6.45, 7) is 2.18. The van der Waals surface area contributed by atoms with Crippen molar-refractivity contribution in [3.05, 3.63) is 33.7 Å². The summed E-state index contributed by atoms with van der Waals surface area (Å²) < 4.78 is 22.7. The first-order valence-corrected chi connectivity index (χ1v) is 7.90. The molecule has 0 bridgehead atoms. The lowest BCUT2D eigenvalue weighted by Crippen LogP contribution is -2.47. The molecule has 1 atom stereocenters. The third-order valence-electron chi connectivity index (χ3n) is 3.42. The van der Waals surface area contributed by atoms with Gasteiger partial charge in [0.25, 0.3) is 5.91 Å².